The lowest BCUT2D eigenvalue weighted by Gasteiger charge is -2.25. The fourth-order valence-corrected chi connectivity index (χ4v) is 2.02. The number of aliphatic hydroxyl groups is 1. The summed E-state index contributed by atoms with van der Waals surface area (Å²) in [5, 5.41) is 9.04. The van der Waals surface area contributed by atoms with Gasteiger partial charge in [-0.1, -0.05) is 20.8 Å². The predicted molar refractivity (Wildman–Crippen MR) is 43.1 cm³/mol. The van der Waals surface area contributed by atoms with Crippen LogP contribution in [0.5, 0.6) is 0 Å². The van der Waals surface area contributed by atoms with Gasteiger partial charge in [0.1, 0.15) is 5.78 Å². The number of aliphatic hydroxyl groups excluding tert-OH is 1. The van der Waals surface area contributed by atoms with Gasteiger partial charge in [0.2, 0.25) is 0 Å². The van der Waals surface area contributed by atoms with Gasteiger partial charge in [-0.05, 0) is 11.8 Å². The van der Waals surface area contributed by atoms with Crippen LogP contribution in [-0.4, -0.2) is 17.5 Å². The zero-order valence-corrected chi connectivity index (χ0v) is 7.42. The number of ketones is 1. The van der Waals surface area contributed by atoms with Gasteiger partial charge in [-0.2, -0.15) is 0 Å². The molecule has 1 rings (SSSR count). The van der Waals surface area contributed by atoms with Gasteiger partial charge in [0.25, 0.3) is 0 Å². The fourth-order valence-electron chi connectivity index (χ4n) is 2.02. The molecule has 0 aromatic carbocycles. The average molecular weight is 156 g/mol. The second-order valence-corrected chi connectivity index (χ2v) is 4.12. The first-order chi connectivity index (χ1) is 5.00. The Labute approximate surface area is 67.6 Å². The van der Waals surface area contributed by atoms with Crippen molar-refractivity contribution >= 4 is 5.78 Å². The summed E-state index contributed by atoms with van der Waals surface area (Å²) < 4.78 is 0. The maximum absolute atomic E-state index is 11.4. The lowest BCUT2D eigenvalue weighted by Crippen LogP contribution is -2.28. The van der Waals surface area contributed by atoms with Crippen molar-refractivity contribution in [1.82, 2.24) is 0 Å². The molecule has 1 fully saturated rings. The van der Waals surface area contributed by atoms with E-state index in [0.29, 0.717) is 18.1 Å². The molecule has 2 nitrogen and oxygen atoms in total. The molecule has 1 aliphatic rings. The second-order valence-electron chi connectivity index (χ2n) is 4.12. The Hall–Kier alpha value is -0.370. The third kappa shape index (κ3) is 1.20. The van der Waals surface area contributed by atoms with Gasteiger partial charge in [-0.25, -0.2) is 0 Å². The summed E-state index contributed by atoms with van der Waals surface area (Å²) >= 11 is 0. The quantitative estimate of drug-likeness (QED) is 0.620. The third-order valence-electron chi connectivity index (χ3n) is 3.04. The molecule has 1 aliphatic carbocycles. The van der Waals surface area contributed by atoms with Crippen LogP contribution < -0.4 is 0 Å². The van der Waals surface area contributed by atoms with Crippen molar-refractivity contribution in [2.45, 2.75) is 27.2 Å². The van der Waals surface area contributed by atoms with Crippen molar-refractivity contribution in [2.75, 3.05) is 6.61 Å². The minimum absolute atomic E-state index is 0.139. The van der Waals surface area contributed by atoms with E-state index in [4.69, 9.17) is 5.11 Å². The molecule has 0 radical (unpaired) electrons. The second kappa shape index (κ2) is 2.59. The Morgan fingerprint density at radius 3 is 2.36 bits per heavy atom. The Morgan fingerprint density at radius 2 is 2.18 bits per heavy atom. The molecule has 1 saturated carbocycles. The van der Waals surface area contributed by atoms with Crippen LogP contribution in [0.4, 0.5) is 0 Å². The van der Waals surface area contributed by atoms with Crippen molar-refractivity contribution < 1.29 is 9.90 Å². The number of Topliss-reactive ketones (excluding diaryl/α,β-unsaturated/α-hetero) is 1. The standard InChI is InChI=1S/C9H16O2/c1-6-4-8(11)9(2,3)7(6)5-10/h6-7,10H,4-5H2,1-3H3. The zero-order chi connectivity index (χ0) is 8.65. The summed E-state index contributed by atoms with van der Waals surface area (Å²) in [4.78, 5) is 11.4. The topological polar surface area (TPSA) is 37.3 Å². The van der Waals surface area contributed by atoms with Crippen LogP contribution in [-0.2, 0) is 4.79 Å². The maximum Gasteiger partial charge on any atom is 0.139 e. The molecule has 2 unspecified atom stereocenters. The highest BCUT2D eigenvalue weighted by molar-refractivity contribution is 5.86. The number of rotatable bonds is 1. The van der Waals surface area contributed by atoms with Gasteiger partial charge >= 0.3 is 0 Å². The molecule has 2 heteroatoms. The van der Waals surface area contributed by atoms with E-state index >= 15 is 0 Å². The van der Waals surface area contributed by atoms with E-state index in [1.807, 2.05) is 20.8 Å². The summed E-state index contributed by atoms with van der Waals surface area (Å²) in [5.41, 5.74) is -0.297. The van der Waals surface area contributed by atoms with Crippen LogP contribution in [0.25, 0.3) is 0 Å². The van der Waals surface area contributed by atoms with E-state index in [1.165, 1.54) is 0 Å². The normalized spacial score (nSPS) is 36.2. The molecule has 0 amide bonds. The van der Waals surface area contributed by atoms with Gasteiger partial charge in [-0.3, -0.25) is 4.79 Å². The van der Waals surface area contributed by atoms with Gasteiger partial charge in [0.05, 0.1) is 0 Å². The molecule has 0 spiro atoms. The summed E-state index contributed by atoms with van der Waals surface area (Å²) in [6, 6.07) is 0. The molecular formula is C9H16O2. The van der Waals surface area contributed by atoms with E-state index < -0.39 is 0 Å². The SMILES string of the molecule is CC1CC(=O)C(C)(C)C1CO. The van der Waals surface area contributed by atoms with Crippen LogP contribution in [0.15, 0.2) is 0 Å². The Balaban J connectivity index is 2.84. The molecule has 0 bridgehead atoms. The summed E-state index contributed by atoms with van der Waals surface area (Å²) in [6.07, 6.45) is 0.637. The van der Waals surface area contributed by atoms with Crippen LogP contribution in [0.1, 0.15) is 27.2 Å². The van der Waals surface area contributed by atoms with Crippen LogP contribution in [0, 0.1) is 17.3 Å². The maximum atomic E-state index is 11.4. The summed E-state index contributed by atoms with van der Waals surface area (Å²) in [5.74, 6) is 0.807. The highest BCUT2D eigenvalue weighted by atomic mass is 16.3. The molecule has 0 aromatic rings. The Kier molecular flexibility index (Phi) is 2.06. The number of hydrogen-bond acceptors (Lipinski definition) is 2. The Bertz CT molecular complexity index is 172. The van der Waals surface area contributed by atoms with E-state index in [9.17, 15) is 4.79 Å². The molecule has 0 aromatic heterocycles. The van der Waals surface area contributed by atoms with Crippen LogP contribution >= 0.6 is 0 Å². The average Bonchev–Trinajstić information content (AvgIpc) is 2.04. The molecule has 0 saturated heterocycles. The third-order valence-corrected chi connectivity index (χ3v) is 3.04. The van der Waals surface area contributed by atoms with Gasteiger partial charge in [0.15, 0.2) is 0 Å². The van der Waals surface area contributed by atoms with E-state index in [1.54, 1.807) is 0 Å². The minimum Gasteiger partial charge on any atom is -0.396 e. The summed E-state index contributed by atoms with van der Waals surface area (Å²) in [7, 11) is 0. The fraction of sp³-hybridized carbons (Fsp3) is 0.889. The van der Waals surface area contributed by atoms with E-state index in [0.717, 1.165) is 0 Å². The first-order valence-corrected chi connectivity index (χ1v) is 4.14. The number of carbonyl (C=O) groups excluding carboxylic acids is 1. The lowest BCUT2D eigenvalue weighted by atomic mass is 9.79. The summed E-state index contributed by atoms with van der Waals surface area (Å²) in [6.45, 7) is 6.03. The van der Waals surface area contributed by atoms with Gasteiger partial charge in [-0.15, -0.1) is 0 Å². The smallest absolute Gasteiger partial charge is 0.139 e. The largest absolute Gasteiger partial charge is 0.396 e. The van der Waals surface area contributed by atoms with E-state index in [2.05, 4.69) is 0 Å². The molecule has 64 valence electrons. The molecule has 11 heavy (non-hydrogen) atoms. The lowest BCUT2D eigenvalue weighted by molar-refractivity contribution is -0.125. The Morgan fingerprint density at radius 1 is 1.64 bits per heavy atom. The van der Waals surface area contributed by atoms with Crippen molar-refractivity contribution in [3.63, 3.8) is 0 Å². The van der Waals surface area contributed by atoms with Crippen molar-refractivity contribution in [1.29, 1.82) is 0 Å². The van der Waals surface area contributed by atoms with Crippen LogP contribution in [0.2, 0.25) is 0 Å². The number of carbonyl (C=O) groups is 1. The van der Waals surface area contributed by atoms with Crippen molar-refractivity contribution in [3.8, 4) is 0 Å². The first kappa shape index (κ1) is 8.72. The first-order valence-electron chi connectivity index (χ1n) is 4.14. The molecule has 0 aliphatic heterocycles. The molecule has 0 heterocycles. The molecule has 2 atom stereocenters. The monoisotopic (exact) mass is 156 g/mol. The van der Waals surface area contributed by atoms with Gasteiger partial charge in [0, 0.05) is 18.4 Å². The minimum atomic E-state index is -0.297. The molecule has 1 N–H and O–H groups in total. The number of hydrogen-bond donors (Lipinski definition) is 1. The van der Waals surface area contributed by atoms with Crippen molar-refractivity contribution in [3.05, 3.63) is 0 Å². The van der Waals surface area contributed by atoms with Gasteiger partial charge < -0.3 is 5.11 Å². The highest BCUT2D eigenvalue weighted by Crippen LogP contribution is 2.42. The highest BCUT2D eigenvalue weighted by Gasteiger charge is 2.45. The van der Waals surface area contributed by atoms with Crippen molar-refractivity contribution in [2.24, 2.45) is 17.3 Å². The zero-order valence-electron chi connectivity index (χ0n) is 7.42. The molecular weight excluding hydrogens is 140 g/mol. The van der Waals surface area contributed by atoms with Crippen LogP contribution in [0.3, 0.4) is 0 Å². The van der Waals surface area contributed by atoms with E-state index in [-0.39, 0.29) is 17.9 Å². The predicted octanol–water partition coefficient (Wildman–Crippen LogP) is 1.23.